The van der Waals surface area contributed by atoms with Crippen molar-refractivity contribution in [1.82, 2.24) is 4.90 Å². The molecule has 1 fully saturated rings. The minimum absolute atomic E-state index is 0.410. The Bertz CT molecular complexity index is 116. The maximum Gasteiger partial charge on any atom is 0.0677 e. The summed E-state index contributed by atoms with van der Waals surface area (Å²) in [5.74, 6) is 0. The van der Waals surface area contributed by atoms with Crippen LogP contribution in [0.5, 0.6) is 0 Å². The Morgan fingerprint density at radius 3 is 2.73 bits per heavy atom. The van der Waals surface area contributed by atoms with E-state index in [1.54, 1.807) is 0 Å². The van der Waals surface area contributed by atoms with Gasteiger partial charge in [0.2, 0.25) is 0 Å². The van der Waals surface area contributed by atoms with Crippen molar-refractivity contribution in [2.24, 2.45) is 0 Å². The molecular formula is C9H19NO. The minimum Gasteiger partial charge on any atom is -0.374 e. The van der Waals surface area contributed by atoms with Gasteiger partial charge in [-0.3, -0.25) is 0 Å². The van der Waals surface area contributed by atoms with Crippen molar-refractivity contribution >= 4 is 0 Å². The van der Waals surface area contributed by atoms with Crippen molar-refractivity contribution in [2.45, 2.75) is 39.4 Å². The van der Waals surface area contributed by atoms with Gasteiger partial charge in [-0.2, -0.15) is 0 Å². The quantitative estimate of drug-likeness (QED) is 0.572. The van der Waals surface area contributed by atoms with Crippen LogP contribution in [0.25, 0.3) is 0 Å². The standard InChI is InChI=1S/C9H19NO/c1-4-10-6-5-8(2)11-9(3)7-10/h8-9H,4-7H2,1-3H3. The Balaban J connectivity index is 2.39. The predicted octanol–water partition coefficient (Wildman–Crippen LogP) is 1.51. The molecule has 1 rings (SSSR count). The van der Waals surface area contributed by atoms with E-state index in [0.29, 0.717) is 12.2 Å². The van der Waals surface area contributed by atoms with E-state index < -0.39 is 0 Å². The molecule has 0 aromatic carbocycles. The summed E-state index contributed by atoms with van der Waals surface area (Å²) in [6.45, 7) is 9.98. The second kappa shape index (κ2) is 4.07. The topological polar surface area (TPSA) is 12.5 Å². The Morgan fingerprint density at radius 2 is 2.09 bits per heavy atom. The first-order valence-electron chi connectivity index (χ1n) is 4.60. The highest BCUT2D eigenvalue weighted by atomic mass is 16.5. The number of rotatable bonds is 1. The Kier molecular flexibility index (Phi) is 3.34. The summed E-state index contributed by atoms with van der Waals surface area (Å²) < 4.78 is 5.70. The lowest BCUT2D eigenvalue weighted by atomic mass is 10.3. The fourth-order valence-electron chi connectivity index (χ4n) is 1.61. The van der Waals surface area contributed by atoms with Crippen LogP contribution >= 0.6 is 0 Å². The van der Waals surface area contributed by atoms with E-state index >= 15 is 0 Å². The van der Waals surface area contributed by atoms with Gasteiger partial charge in [-0.1, -0.05) is 6.92 Å². The third-order valence-corrected chi connectivity index (χ3v) is 2.28. The van der Waals surface area contributed by atoms with Crippen molar-refractivity contribution in [3.63, 3.8) is 0 Å². The number of hydrogen-bond donors (Lipinski definition) is 0. The molecule has 1 aliphatic rings. The summed E-state index contributed by atoms with van der Waals surface area (Å²) in [5, 5.41) is 0. The Hall–Kier alpha value is -0.0800. The number of ether oxygens (including phenoxy) is 1. The molecule has 2 atom stereocenters. The van der Waals surface area contributed by atoms with Gasteiger partial charge in [0.05, 0.1) is 12.2 Å². The largest absolute Gasteiger partial charge is 0.374 e. The first kappa shape index (κ1) is 9.01. The molecule has 0 N–H and O–H groups in total. The third-order valence-electron chi connectivity index (χ3n) is 2.28. The Labute approximate surface area is 69.5 Å². The zero-order chi connectivity index (χ0) is 8.27. The van der Waals surface area contributed by atoms with Gasteiger partial charge < -0.3 is 9.64 Å². The second-order valence-corrected chi connectivity index (χ2v) is 3.44. The number of likely N-dealkylation sites (N-methyl/N-ethyl adjacent to an activating group) is 1. The molecule has 66 valence electrons. The van der Waals surface area contributed by atoms with Gasteiger partial charge in [0.25, 0.3) is 0 Å². The number of nitrogens with zero attached hydrogens (tertiary/aromatic N) is 1. The summed E-state index contributed by atoms with van der Waals surface area (Å²) in [6.07, 6.45) is 2.03. The fraction of sp³-hybridized carbons (Fsp3) is 1.00. The normalized spacial score (nSPS) is 35.2. The predicted molar refractivity (Wildman–Crippen MR) is 46.7 cm³/mol. The molecular weight excluding hydrogens is 138 g/mol. The molecule has 0 spiro atoms. The summed E-state index contributed by atoms with van der Waals surface area (Å²) in [5.41, 5.74) is 0. The maximum absolute atomic E-state index is 5.70. The summed E-state index contributed by atoms with van der Waals surface area (Å²) in [4.78, 5) is 2.45. The summed E-state index contributed by atoms with van der Waals surface area (Å²) >= 11 is 0. The Morgan fingerprint density at radius 1 is 1.36 bits per heavy atom. The highest BCUT2D eigenvalue weighted by Crippen LogP contribution is 2.10. The molecule has 0 aromatic heterocycles. The molecule has 0 aromatic rings. The first-order chi connectivity index (χ1) is 5.22. The summed E-state index contributed by atoms with van der Waals surface area (Å²) in [6, 6.07) is 0. The number of hydrogen-bond acceptors (Lipinski definition) is 2. The van der Waals surface area contributed by atoms with Crippen LogP contribution in [0.4, 0.5) is 0 Å². The van der Waals surface area contributed by atoms with Crippen LogP contribution in [0.1, 0.15) is 27.2 Å². The van der Waals surface area contributed by atoms with Gasteiger partial charge in [-0.15, -0.1) is 0 Å². The van der Waals surface area contributed by atoms with Gasteiger partial charge in [0.1, 0.15) is 0 Å². The van der Waals surface area contributed by atoms with Crippen LogP contribution in [-0.2, 0) is 4.74 Å². The molecule has 1 heterocycles. The van der Waals surface area contributed by atoms with Crippen LogP contribution in [0.15, 0.2) is 0 Å². The highest BCUT2D eigenvalue weighted by molar-refractivity contribution is 4.68. The minimum atomic E-state index is 0.410. The molecule has 2 unspecified atom stereocenters. The zero-order valence-corrected chi connectivity index (χ0v) is 7.84. The van der Waals surface area contributed by atoms with Gasteiger partial charge >= 0.3 is 0 Å². The van der Waals surface area contributed by atoms with Crippen LogP contribution in [0.3, 0.4) is 0 Å². The lowest BCUT2D eigenvalue weighted by Crippen LogP contribution is -2.29. The van der Waals surface area contributed by atoms with Crippen LogP contribution < -0.4 is 0 Å². The van der Waals surface area contributed by atoms with E-state index in [4.69, 9.17) is 4.74 Å². The van der Waals surface area contributed by atoms with E-state index in [1.165, 1.54) is 13.0 Å². The van der Waals surface area contributed by atoms with Gasteiger partial charge in [0, 0.05) is 13.1 Å². The lowest BCUT2D eigenvalue weighted by molar-refractivity contribution is 0.0145. The SMILES string of the molecule is CCN1CCC(C)OC(C)C1. The maximum atomic E-state index is 5.70. The first-order valence-corrected chi connectivity index (χ1v) is 4.60. The van der Waals surface area contributed by atoms with E-state index in [9.17, 15) is 0 Å². The van der Waals surface area contributed by atoms with Gasteiger partial charge in [-0.25, -0.2) is 0 Å². The fourth-order valence-corrected chi connectivity index (χ4v) is 1.61. The van der Waals surface area contributed by atoms with E-state index in [2.05, 4.69) is 25.7 Å². The molecule has 0 bridgehead atoms. The molecule has 0 amide bonds. The van der Waals surface area contributed by atoms with E-state index in [0.717, 1.165) is 13.1 Å². The van der Waals surface area contributed by atoms with Crippen molar-refractivity contribution in [3.05, 3.63) is 0 Å². The second-order valence-electron chi connectivity index (χ2n) is 3.44. The lowest BCUT2D eigenvalue weighted by Gasteiger charge is -2.19. The monoisotopic (exact) mass is 157 g/mol. The van der Waals surface area contributed by atoms with Crippen molar-refractivity contribution < 1.29 is 4.74 Å². The molecule has 1 saturated heterocycles. The molecule has 1 aliphatic heterocycles. The third kappa shape index (κ3) is 2.80. The van der Waals surface area contributed by atoms with E-state index in [-0.39, 0.29) is 0 Å². The summed E-state index contributed by atoms with van der Waals surface area (Å²) in [7, 11) is 0. The van der Waals surface area contributed by atoms with Crippen LogP contribution in [0.2, 0.25) is 0 Å². The molecule has 0 aliphatic carbocycles. The van der Waals surface area contributed by atoms with Crippen molar-refractivity contribution in [3.8, 4) is 0 Å². The van der Waals surface area contributed by atoms with Gasteiger partial charge in [0.15, 0.2) is 0 Å². The van der Waals surface area contributed by atoms with Gasteiger partial charge in [-0.05, 0) is 26.8 Å². The zero-order valence-electron chi connectivity index (χ0n) is 7.84. The van der Waals surface area contributed by atoms with Crippen LogP contribution in [0, 0.1) is 0 Å². The molecule has 0 saturated carbocycles. The average Bonchev–Trinajstić information content (AvgIpc) is 2.11. The average molecular weight is 157 g/mol. The highest BCUT2D eigenvalue weighted by Gasteiger charge is 2.17. The van der Waals surface area contributed by atoms with E-state index in [1.807, 2.05) is 0 Å². The molecule has 2 heteroatoms. The smallest absolute Gasteiger partial charge is 0.0677 e. The van der Waals surface area contributed by atoms with Crippen LogP contribution in [-0.4, -0.2) is 36.7 Å². The molecule has 11 heavy (non-hydrogen) atoms. The molecule has 2 nitrogen and oxygen atoms in total. The van der Waals surface area contributed by atoms with Crippen molar-refractivity contribution in [2.75, 3.05) is 19.6 Å². The van der Waals surface area contributed by atoms with Crippen molar-refractivity contribution in [1.29, 1.82) is 0 Å². The molecule has 0 radical (unpaired) electrons.